The SMILES string of the molecule is CN=C(NCc1cc2c(cc1OC)CC(C)O2)NCC1(CCOC)CCCC1. The van der Waals surface area contributed by atoms with Crippen LogP contribution in [0.1, 0.15) is 50.2 Å². The molecular formula is C22H35N3O3. The second-order valence-corrected chi connectivity index (χ2v) is 8.13. The third kappa shape index (κ3) is 4.90. The standard InChI is InChI=1S/C22H35N3O3/c1-16-11-17-12-19(27-4)18(13-20(17)28-16)14-24-21(23-2)25-15-22(9-10-26-3)7-5-6-8-22/h12-13,16H,5-11,14-15H2,1-4H3,(H2,23,24,25). The van der Waals surface area contributed by atoms with Crippen LogP contribution >= 0.6 is 0 Å². The summed E-state index contributed by atoms with van der Waals surface area (Å²) < 4.78 is 16.8. The topological polar surface area (TPSA) is 64.1 Å². The highest BCUT2D eigenvalue weighted by Gasteiger charge is 2.33. The van der Waals surface area contributed by atoms with Crippen molar-refractivity contribution in [2.24, 2.45) is 10.4 Å². The van der Waals surface area contributed by atoms with E-state index < -0.39 is 0 Å². The predicted molar refractivity (Wildman–Crippen MR) is 112 cm³/mol. The summed E-state index contributed by atoms with van der Waals surface area (Å²) >= 11 is 0. The Morgan fingerprint density at radius 3 is 2.71 bits per heavy atom. The minimum absolute atomic E-state index is 0.229. The maximum Gasteiger partial charge on any atom is 0.191 e. The highest BCUT2D eigenvalue weighted by Crippen LogP contribution is 2.40. The summed E-state index contributed by atoms with van der Waals surface area (Å²) in [4.78, 5) is 4.41. The van der Waals surface area contributed by atoms with Gasteiger partial charge in [-0.25, -0.2) is 0 Å². The summed E-state index contributed by atoms with van der Waals surface area (Å²) in [5.74, 6) is 2.69. The molecule has 0 saturated heterocycles. The third-order valence-electron chi connectivity index (χ3n) is 6.10. The Bertz CT molecular complexity index is 684. The van der Waals surface area contributed by atoms with E-state index in [-0.39, 0.29) is 6.10 Å². The van der Waals surface area contributed by atoms with Crippen LogP contribution in [-0.2, 0) is 17.7 Å². The number of ether oxygens (including phenoxy) is 3. The average Bonchev–Trinajstić information content (AvgIpc) is 3.31. The second kappa shape index (κ2) is 9.50. The zero-order valence-electron chi connectivity index (χ0n) is 17.8. The van der Waals surface area contributed by atoms with Gasteiger partial charge in [-0.15, -0.1) is 0 Å². The maximum atomic E-state index is 5.90. The molecule has 0 radical (unpaired) electrons. The molecule has 1 aromatic rings. The van der Waals surface area contributed by atoms with Crippen LogP contribution in [0.3, 0.4) is 0 Å². The molecule has 0 aromatic heterocycles. The van der Waals surface area contributed by atoms with E-state index in [1.807, 2.05) is 7.05 Å². The van der Waals surface area contributed by atoms with Crippen molar-refractivity contribution in [3.8, 4) is 11.5 Å². The summed E-state index contributed by atoms with van der Waals surface area (Å²) in [6, 6.07) is 4.19. The fourth-order valence-electron chi connectivity index (χ4n) is 4.44. The van der Waals surface area contributed by atoms with Crippen LogP contribution < -0.4 is 20.1 Å². The Morgan fingerprint density at radius 1 is 1.25 bits per heavy atom. The zero-order valence-corrected chi connectivity index (χ0v) is 17.8. The number of nitrogens with one attached hydrogen (secondary N) is 2. The van der Waals surface area contributed by atoms with Crippen LogP contribution in [0.4, 0.5) is 0 Å². The fraction of sp³-hybridized carbons (Fsp3) is 0.682. The monoisotopic (exact) mass is 389 g/mol. The summed E-state index contributed by atoms with van der Waals surface area (Å²) in [5, 5.41) is 6.97. The first kappa shape index (κ1) is 20.8. The molecule has 0 spiro atoms. The Hall–Kier alpha value is -1.95. The lowest BCUT2D eigenvalue weighted by molar-refractivity contribution is 0.138. The van der Waals surface area contributed by atoms with Gasteiger partial charge in [0.25, 0.3) is 0 Å². The van der Waals surface area contributed by atoms with Gasteiger partial charge in [-0.2, -0.15) is 0 Å². The molecule has 6 nitrogen and oxygen atoms in total. The lowest BCUT2D eigenvalue weighted by atomic mass is 9.83. The molecule has 1 aliphatic carbocycles. The van der Waals surface area contributed by atoms with Gasteiger partial charge in [0.1, 0.15) is 17.6 Å². The van der Waals surface area contributed by atoms with Crippen LogP contribution in [0.25, 0.3) is 0 Å². The molecular weight excluding hydrogens is 354 g/mol. The van der Waals surface area contributed by atoms with E-state index in [0.29, 0.717) is 12.0 Å². The van der Waals surface area contributed by atoms with Gasteiger partial charge in [0.15, 0.2) is 5.96 Å². The van der Waals surface area contributed by atoms with E-state index in [0.717, 1.165) is 49.0 Å². The summed E-state index contributed by atoms with van der Waals surface area (Å²) in [6.45, 7) is 4.48. The number of aliphatic imine (C=N–C) groups is 1. The smallest absolute Gasteiger partial charge is 0.191 e. The van der Waals surface area contributed by atoms with Crippen molar-refractivity contribution in [2.75, 3.05) is 34.4 Å². The van der Waals surface area contributed by atoms with Gasteiger partial charge in [0, 0.05) is 51.4 Å². The Balaban J connectivity index is 1.59. The van der Waals surface area contributed by atoms with E-state index in [1.165, 1.54) is 31.2 Å². The maximum absolute atomic E-state index is 5.90. The first-order chi connectivity index (χ1) is 13.6. The van der Waals surface area contributed by atoms with Crippen molar-refractivity contribution in [3.63, 3.8) is 0 Å². The van der Waals surface area contributed by atoms with Gasteiger partial charge >= 0.3 is 0 Å². The minimum Gasteiger partial charge on any atom is -0.496 e. The van der Waals surface area contributed by atoms with Crippen LogP contribution in [-0.4, -0.2) is 46.5 Å². The largest absolute Gasteiger partial charge is 0.496 e. The minimum atomic E-state index is 0.229. The molecule has 1 atom stereocenters. The molecule has 28 heavy (non-hydrogen) atoms. The van der Waals surface area contributed by atoms with Crippen molar-refractivity contribution in [1.82, 2.24) is 10.6 Å². The molecule has 156 valence electrons. The molecule has 1 heterocycles. The van der Waals surface area contributed by atoms with Crippen LogP contribution in [0.2, 0.25) is 0 Å². The van der Waals surface area contributed by atoms with Gasteiger partial charge in [-0.3, -0.25) is 4.99 Å². The van der Waals surface area contributed by atoms with Crippen molar-refractivity contribution >= 4 is 5.96 Å². The van der Waals surface area contributed by atoms with Gasteiger partial charge < -0.3 is 24.8 Å². The Morgan fingerprint density at radius 2 is 2.04 bits per heavy atom. The van der Waals surface area contributed by atoms with Crippen LogP contribution in [0, 0.1) is 5.41 Å². The predicted octanol–water partition coefficient (Wildman–Crippen LogP) is 3.28. The van der Waals surface area contributed by atoms with E-state index in [1.54, 1.807) is 14.2 Å². The lowest BCUT2D eigenvalue weighted by Gasteiger charge is -2.30. The van der Waals surface area contributed by atoms with Crippen molar-refractivity contribution < 1.29 is 14.2 Å². The number of fused-ring (bicyclic) bond motifs is 1. The van der Waals surface area contributed by atoms with E-state index in [9.17, 15) is 0 Å². The Kier molecular flexibility index (Phi) is 7.05. The molecule has 3 rings (SSSR count). The van der Waals surface area contributed by atoms with Crippen LogP contribution in [0.15, 0.2) is 17.1 Å². The number of methoxy groups -OCH3 is 2. The Labute approximate surface area is 169 Å². The molecule has 1 aromatic carbocycles. The molecule has 2 aliphatic rings. The molecule has 1 fully saturated rings. The third-order valence-corrected chi connectivity index (χ3v) is 6.10. The summed E-state index contributed by atoms with van der Waals surface area (Å²) in [5.41, 5.74) is 2.62. The first-order valence-corrected chi connectivity index (χ1v) is 10.4. The van der Waals surface area contributed by atoms with Crippen molar-refractivity contribution in [3.05, 3.63) is 23.3 Å². The molecule has 0 amide bonds. The van der Waals surface area contributed by atoms with E-state index in [2.05, 4.69) is 34.7 Å². The zero-order chi connectivity index (χ0) is 20.0. The number of rotatable bonds is 8. The van der Waals surface area contributed by atoms with Gasteiger partial charge in [0.2, 0.25) is 0 Å². The molecule has 1 unspecified atom stereocenters. The second-order valence-electron chi connectivity index (χ2n) is 8.13. The number of benzene rings is 1. The van der Waals surface area contributed by atoms with E-state index >= 15 is 0 Å². The summed E-state index contributed by atoms with van der Waals surface area (Å²) in [6.07, 6.45) is 7.40. The lowest BCUT2D eigenvalue weighted by Crippen LogP contribution is -2.43. The molecule has 1 aliphatic heterocycles. The average molecular weight is 390 g/mol. The van der Waals surface area contributed by atoms with Gasteiger partial charge in [0.05, 0.1) is 7.11 Å². The fourth-order valence-corrected chi connectivity index (χ4v) is 4.44. The first-order valence-electron chi connectivity index (χ1n) is 10.4. The number of hydrogen-bond acceptors (Lipinski definition) is 4. The molecule has 6 heteroatoms. The number of guanidine groups is 1. The van der Waals surface area contributed by atoms with Gasteiger partial charge in [-0.1, -0.05) is 12.8 Å². The quantitative estimate of drug-likeness (QED) is 0.528. The normalized spacial score (nSPS) is 20.6. The van der Waals surface area contributed by atoms with Gasteiger partial charge in [-0.05, 0) is 43.7 Å². The highest BCUT2D eigenvalue weighted by molar-refractivity contribution is 5.79. The highest BCUT2D eigenvalue weighted by atomic mass is 16.5. The van der Waals surface area contributed by atoms with Crippen molar-refractivity contribution in [2.45, 2.75) is 58.1 Å². The van der Waals surface area contributed by atoms with E-state index in [4.69, 9.17) is 14.2 Å². The van der Waals surface area contributed by atoms with Crippen molar-refractivity contribution in [1.29, 1.82) is 0 Å². The molecule has 0 bridgehead atoms. The number of hydrogen-bond donors (Lipinski definition) is 2. The molecule has 1 saturated carbocycles. The number of nitrogens with zero attached hydrogens (tertiary/aromatic N) is 1. The summed E-state index contributed by atoms with van der Waals surface area (Å²) in [7, 11) is 5.32. The van der Waals surface area contributed by atoms with Crippen LogP contribution in [0.5, 0.6) is 11.5 Å². The molecule has 2 N–H and O–H groups in total.